The van der Waals surface area contributed by atoms with Gasteiger partial charge in [0.25, 0.3) is 5.91 Å². The lowest BCUT2D eigenvalue weighted by molar-refractivity contribution is 0.0767. The Morgan fingerprint density at radius 3 is 2.30 bits per heavy atom. The highest BCUT2D eigenvalue weighted by Crippen LogP contribution is 2.15. The Morgan fingerprint density at radius 2 is 1.75 bits per heavy atom. The fraction of sp³-hybridized carbons (Fsp3) is 0.250. The lowest BCUT2D eigenvalue weighted by Crippen LogP contribution is -2.31. The van der Waals surface area contributed by atoms with Gasteiger partial charge < -0.3 is 10.2 Å². The van der Waals surface area contributed by atoms with Gasteiger partial charge in [-0.1, -0.05) is 18.2 Å². The molecular weight excluding hydrogens is 250 g/mol. The molecule has 104 valence electrons. The molecule has 0 fully saturated rings. The predicted octanol–water partition coefficient (Wildman–Crippen LogP) is 3.31. The highest BCUT2D eigenvalue weighted by molar-refractivity contribution is 5.92. The Kier molecular flexibility index (Phi) is 4.71. The lowest BCUT2D eigenvalue weighted by Gasteiger charge is -2.18. The first-order valence-corrected chi connectivity index (χ1v) is 6.82. The molecule has 0 atom stereocenters. The van der Waals surface area contributed by atoms with E-state index in [4.69, 9.17) is 0 Å². The van der Waals surface area contributed by atoms with Gasteiger partial charge in [0.05, 0.1) is 11.9 Å². The maximum atomic E-state index is 12.1. The van der Waals surface area contributed by atoms with Gasteiger partial charge in [-0.3, -0.25) is 4.79 Å². The van der Waals surface area contributed by atoms with Gasteiger partial charge in [0.15, 0.2) is 0 Å². The molecule has 1 aromatic carbocycles. The van der Waals surface area contributed by atoms with Gasteiger partial charge in [0.1, 0.15) is 5.69 Å². The van der Waals surface area contributed by atoms with Crippen molar-refractivity contribution >= 4 is 17.3 Å². The van der Waals surface area contributed by atoms with Gasteiger partial charge >= 0.3 is 0 Å². The van der Waals surface area contributed by atoms with Crippen LogP contribution in [0.1, 0.15) is 24.3 Å². The molecule has 1 N–H and O–H groups in total. The molecule has 0 aliphatic heterocycles. The highest BCUT2D eigenvalue weighted by Gasteiger charge is 2.13. The summed E-state index contributed by atoms with van der Waals surface area (Å²) in [5.41, 5.74) is 2.34. The molecule has 0 aliphatic rings. The minimum Gasteiger partial charge on any atom is -0.354 e. The smallest absolute Gasteiger partial charge is 0.272 e. The van der Waals surface area contributed by atoms with Crippen molar-refractivity contribution in [2.45, 2.75) is 13.8 Å². The van der Waals surface area contributed by atoms with Crippen LogP contribution >= 0.6 is 0 Å². The second-order valence-corrected chi connectivity index (χ2v) is 4.40. The molecule has 1 aromatic heterocycles. The number of anilines is 2. The normalized spacial score (nSPS) is 10.1. The number of aromatic nitrogens is 1. The number of nitrogens with one attached hydrogen (secondary N) is 1. The SMILES string of the molecule is CCN(CC)C(=O)c1ccc(Nc2ccccc2)cn1. The maximum absolute atomic E-state index is 12.1. The van der Waals surface area contributed by atoms with Crippen molar-refractivity contribution < 1.29 is 4.79 Å². The van der Waals surface area contributed by atoms with Crippen molar-refractivity contribution in [3.8, 4) is 0 Å². The van der Waals surface area contributed by atoms with Gasteiger partial charge in [0, 0.05) is 18.8 Å². The topological polar surface area (TPSA) is 45.2 Å². The number of hydrogen-bond acceptors (Lipinski definition) is 3. The zero-order valence-corrected chi connectivity index (χ0v) is 11.8. The van der Waals surface area contributed by atoms with Crippen LogP contribution in [0.3, 0.4) is 0 Å². The Balaban J connectivity index is 2.08. The highest BCUT2D eigenvalue weighted by atomic mass is 16.2. The molecule has 2 rings (SSSR count). The van der Waals surface area contributed by atoms with E-state index in [0.29, 0.717) is 18.8 Å². The summed E-state index contributed by atoms with van der Waals surface area (Å²) >= 11 is 0. The summed E-state index contributed by atoms with van der Waals surface area (Å²) in [7, 11) is 0. The maximum Gasteiger partial charge on any atom is 0.272 e. The van der Waals surface area contributed by atoms with Crippen LogP contribution in [0.2, 0.25) is 0 Å². The molecule has 0 saturated carbocycles. The largest absolute Gasteiger partial charge is 0.354 e. The van der Waals surface area contributed by atoms with E-state index in [1.165, 1.54) is 0 Å². The van der Waals surface area contributed by atoms with Crippen LogP contribution in [0.4, 0.5) is 11.4 Å². The van der Waals surface area contributed by atoms with Gasteiger partial charge in [-0.2, -0.15) is 0 Å². The molecule has 1 heterocycles. The van der Waals surface area contributed by atoms with Crippen molar-refractivity contribution in [1.82, 2.24) is 9.88 Å². The number of carbonyl (C=O) groups excluding carboxylic acids is 1. The number of amides is 1. The number of carbonyl (C=O) groups is 1. The van der Waals surface area contributed by atoms with Crippen molar-refractivity contribution in [2.24, 2.45) is 0 Å². The average molecular weight is 269 g/mol. The third kappa shape index (κ3) is 3.35. The third-order valence-corrected chi connectivity index (χ3v) is 3.10. The first-order valence-electron chi connectivity index (χ1n) is 6.82. The molecule has 20 heavy (non-hydrogen) atoms. The van der Waals surface area contributed by atoms with E-state index in [9.17, 15) is 4.79 Å². The first kappa shape index (κ1) is 14.1. The molecular formula is C16H19N3O. The van der Waals surface area contributed by atoms with E-state index in [2.05, 4.69) is 10.3 Å². The van der Waals surface area contributed by atoms with Crippen LogP contribution in [0.15, 0.2) is 48.7 Å². The molecule has 4 nitrogen and oxygen atoms in total. The van der Waals surface area contributed by atoms with E-state index in [1.807, 2.05) is 50.2 Å². The molecule has 2 aromatic rings. The van der Waals surface area contributed by atoms with E-state index in [-0.39, 0.29) is 5.91 Å². The summed E-state index contributed by atoms with van der Waals surface area (Å²) < 4.78 is 0. The molecule has 0 saturated heterocycles. The molecule has 0 bridgehead atoms. The summed E-state index contributed by atoms with van der Waals surface area (Å²) in [6.45, 7) is 5.32. The van der Waals surface area contributed by atoms with Gasteiger partial charge in [-0.05, 0) is 38.1 Å². The quantitative estimate of drug-likeness (QED) is 0.905. The summed E-state index contributed by atoms with van der Waals surface area (Å²) in [6.07, 6.45) is 1.68. The van der Waals surface area contributed by atoms with E-state index in [1.54, 1.807) is 17.2 Å². The molecule has 0 radical (unpaired) electrons. The summed E-state index contributed by atoms with van der Waals surface area (Å²) in [5, 5.41) is 3.24. The molecule has 0 spiro atoms. The number of nitrogens with zero attached hydrogens (tertiary/aromatic N) is 2. The molecule has 0 unspecified atom stereocenters. The average Bonchev–Trinajstić information content (AvgIpc) is 2.50. The Bertz CT molecular complexity index is 548. The lowest BCUT2D eigenvalue weighted by atomic mass is 10.2. The van der Waals surface area contributed by atoms with E-state index >= 15 is 0 Å². The van der Waals surface area contributed by atoms with Crippen LogP contribution in [-0.2, 0) is 0 Å². The number of para-hydroxylation sites is 1. The van der Waals surface area contributed by atoms with Gasteiger partial charge in [-0.25, -0.2) is 4.98 Å². The van der Waals surface area contributed by atoms with E-state index < -0.39 is 0 Å². The van der Waals surface area contributed by atoms with Crippen molar-refractivity contribution in [3.05, 3.63) is 54.4 Å². The van der Waals surface area contributed by atoms with Crippen molar-refractivity contribution in [3.63, 3.8) is 0 Å². The van der Waals surface area contributed by atoms with Crippen molar-refractivity contribution in [1.29, 1.82) is 0 Å². The van der Waals surface area contributed by atoms with Crippen LogP contribution < -0.4 is 5.32 Å². The minimum absolute atomic E-state index is 0.0266. The Hall–Kier alpha value is -2.36. The van der Waals surface area contributed by atoms with Crippen LogP contribution in [0, 0.1) is 0 Å². The zero-order valence-electron chi connectivity index (χ0n) is 11.8. The minimum atomic E-state index is -0.0266. The Labute approximate surface area is 119 Å². The molecule has 1 amide bonds. The summed E-state index contributed by atoms with van der Waals surface area (Å²) in [5.74, 6) is -0.0266. The predicted molar refractivity (Wildman–Crippen MR) is 81.2 cm³/mol. The van der Waals surface area contributed by atoms with Crippen molar-refractivity contribution in [2.75, 3.05) is 18.4 Å². The van der Waals surface area contributed by atoms with Crippen LogP contribution in [0.25, 0.3) is 0 Å². The standard InChI is InChI=1S/C16H19N3O/c1-3-19(4-2)16(20)15-11-10-14(12-17-15)18-13-8-6-5-7-9-13/h5-12,18H,3-4H2,1-2H3. The van der Waals surface area contributed by atoms with Crippen LogP contribution in [-0.4, -0.2) is 28.9 Å². The van der Waals surface area contributed by atoms with Gasteiger partial charge in [-0.15, -0.1) is 0 Å². The van der Waals surface area contributed by atoms with Gasteiger partial charge in [0.2, 0.25) is 0 Å². The third-order valence-electron chi connectivity index (χ3n) is 3.10. The summed E-state index contributed by atoms with van der Waals surface area (Å²) in [6, 6.07) is 13.5. The number of hydrogen-bond donors (Lipinski definition) is 1. The fourth-order valence-corrected chi connectivity index (χ4v) is 1.96. The second-order valence-electron chi connectivity index (χ2n) is 4.40. The number of pyridine rings is 1. The first-order chi connectivity index (χ1) is 9.74. The molecule has 0 aliphatic carbocycles. The zero-order chi connectivity index (χ0) is 14.4. The van der Waals surface area contributed by atoms with E-state index in [0.717, 1.165) is 11.4 Å². The molecule has 4 heteroatoms. The Morgan fingerprint density at radius 1 is 1.05 bits per heavy atom. The fourth-order valence-electron chi connectivity index (χ4n) is 1.96. The number of rotatable bonds is 5. The second kappa shape index (κ2) is 6.70. The number of benzene rings is 1. The van der Waals surface area contributed by atoms with Crippen LogP contribution in [0.5, 0.6) is 0 Å². The monoisotopic (exact) mass is 269 g/mol. The summed E-state index contributed by atoms with van der Waals surface area (Å²) in [4.78, 5) is 18.1.